The Bertz CT molecular complexity index is 698. The topological polar surface area (TPSA) is 97.1 Å². The average Bonchev–Trinajstić information content (AvgIpc) is 2.42. The Balaban J connectivity index is 2.24. The van der Waals surface area contributed by atoms with E-state index in [4.69, 9.17) is 5.73 Å². The van der Waals surface area contributed by atoms with Gasteiger partial charge in [0.25, 0.3) is 5.91 Å². The van der Waals surface area contributed by atoms with E-state index in [0.29, 0.717) is 17.1 Å². The number of hydrogen-bond donors (Lipinski definition) is 3. The molecule has 0 spiro atoms. The van der Waals surface area contributed by atoms with Crippen LogP contribution in [0, 0.1) is 6.92 Å². The summed E-state index contributed by atoms with van der Waals surface area (Å²) in [5.41, 5.74) is 8.28. The maximum atomic E-state index is 12.2. The molecule has 0 aliphatic heterocycles. The van der Waals surface area contributed by atoms with Crippen molar-refractivity contribution in [2.24, 2.45) is 0 Å². The van der Waals surface area contributed by atoms with E-state index in [9.17, 15) is 9.59 Å². The van der Waals surface area contributed by atoms with E-state index in [1.807, 2.05) is 13.0 Å². The summed E-state index contributed by atoms with van der Waals surface area (Å²) in [6, 6.07) is 8.54. The first-order chi connectivity index (χ1) is 9.97. The minimum absolute atomic E-state index is 0.168. The van der Waals surface area contributed by atoms with Crippen LogP contribution in [-0.2, 0) is 4.79 Å². The molecule has 4 N–H and O–H groups in total. The van der Waals surface area contributed by atoms with Crippen LogP contribution in [-0.4, -0.2) is 16.8 Å². The molecule has 0 saturated heterocycles. The molecular weight excluding hydrogens is 268 g/mol. The molecule has 0 aliphatic rings. The molecule has 2 rings (SSSR count). The van der Waals surface area contributed by atoms with Crippen LogP contribution in [0.2, 0.25) is 0 Å². The van der Waals surface area contributed by atoms with Crippen LogP contribution >= 0.6 is 0 Å². The lowest BCUT2D eigenvalue weighted by atomic mass is 10.1. The fourth-order valence-electron chi connectivity index (χ4n) is 1.83. The third-order valence-electron chi connectivity index (χ3n) is 2.86. The number of nitrogens with zero attached hydrogens (tertiary/aromatic N) is 1. The summed E-state index contributed by atoms with van der Waals surface area (Å²) in [5, 5.41) is 5.41. The van der Waals surface area contributed by atoms with Crippen LogP contribution in [0.15, 0.2) is 36.5 Å². The fourth-order valence-corrected chi connectivity index (χ4v) is 1.83. The molecule has 0 unspecified atom stereocenters. The minimum Gasteiger partial charge on any atom is -0.397 e. The highest BCUT2D eigenvalue weighted by Gasteiger charge is 2.12. The molecule has 2 amide bonds. The van der Waals surface area contributed by atoms with Gasteiger partial charge in [-0.1, -0.05) is 6.07 Å². The van der Waals surface area contributed by atoms with Gasteiger partial charge in [0.05, 0.1) is 5.69 Å². The number of anilines is 3. The Kier molecular flexibility index (Phi) is 4.18. The smallest absolute Gasteiger partial charge is 0.276 e. The van der Waals surface area contributed by atoms with E-state index >= 15 is 0 Å². The highest BCUT2D eigenvalue weighted by Crippen LogP contribution is 2.21. The maximum Gasteiger partial charge on any atom is 0.276 e. The second kappa shape index (κ2) is 6.04. The molecule has 1 heterocycles. The molecule has 2 aromatic rings. The molecule has 6 nitrogen and oxygen atoms in total. The maximum absolute atomic E-state index is 12.2. The van der Waals surface area contributed by atoms with Crippen LogP contribution in [0.1, 0.15) is 23.0 Å². The van der Waals surface area contributed by atoms with Crippen LogP contribution in [0.5, 0.6) is 0 Å². The summed E-state index contributed by atoms with van der Waals surface area (Å²) in [4.78, 5) is 27.2. The fraction of sp³-hybridized carbons (Fsp3) is 0.133. The molecule has 0 bridgehead atoms. The van der Waals surface area contributed by atoms with Crippen molar-refractivity contribution in [2.45, 2.75) is 13.8 Å². The van der Waals surface area contributed by atoms with Crippen molar-refractivity contribution < 1.29 is 9.59 Å². The number of nitrogens with one attached hydrogen (secondary N) is 2. The number of hydrogen-bond acceptors (Lipinski definition) is 4. The zero-order chi connectivity index (χ0) is 15.4. The van der Waals surface area contributed by atoms with Gasteiger partial charge in [-0.05, 0) is 36.8 Å². The first-order valence-electron chi connectivity index (χ1n) is 6.37. The predicted octanol–water partition coefficient (Wildman–Crippen LogP) is 2.18. The number of carbonyl (C=O) groups is 2. The molecule has 0 fully saturated rings. The SMILES string of the molecule is CC(=O)Nc1ccc(C)c(NC(=O)c2ncccc2N)c1. The first kappa shape index (κ1) is 14.5. The van der Waals surface area contributed by atoms with Crippen LogP contribution in [0.25, 0.3) is 0 Å². The van der Waals surface area contributed by atoms with E-state index in [1.165, 1.54) is 13.1 Å². The summed E-state index contributed by atoms with van der Waals surface area (Å²) in [5.74, 6) is -0.568. The van der Waals surface area contributed by atoms with Gasteiger partial charge in [0.15, 0.2) is 5.69 Å². The van der Waals surface area contributed by atoms with Gasteiger partial charge in [0, 0.05) is 24.5 Å². The standard InChI is InChI=1S/C15H16N4O2/c1-9-5-6-11(18-10(2)20)8-13(9)19-15(21)14-12(16)4-3-7-17-14/h3-8H,16H2,1-2H3,(H,18,20)(H,19,21). The Morgan fingerprint density at radius 1 is 1.19 bits per heavy atom. The van der Waals surface area contributed by atoms with Crippen LogP contribution < -0.4 is 16.4 Å². The molecule has 0 atom stereocenters. The molecule has 108 valence electrons. The molecule has 1 aromatic carbocycles. The number of pyridine rings is 1. The minimum atomic E-state index is -0.392. The number of rotatable bonds is 3. The van der Waals surface area contributed by atoms with E-state index < -0.39 is 5.91 Å². The predicted molar refractivity (Wildman–Crippen MR) is 82.1 cm³/mol. The first-order valence-corrected chi connectivity index (χ1v) is 6.37. The van der Waals surface area contributed by atoms with Gasteiger partial charge in [0.2, 0.25) is 5.91 Å². The second-order valence-corrected chi connectivity index (χ2v) is 4.61. The van der Waals surface area contributed by atoms with Crippen molar-refractivity contribution in [3.63, 3.8) is 0 Å². The number of nitrogen functional groups attached to an aromatic ring is 1. The molecular formula is C15H16N4O2. The van der Waals surface area contributed by atoms with Gasteiger partial charge in [-0.2, -0.15) is 0 Å². The van der Waals surface area contributed by atoms with E-state index in [0.717, 1.165) is 5.56 Å². The van der Waals surface area contributed by atoms with Gasteiger partial charge >= 0.3 is 0 Å². The summed E-state index contributed by atoms with van der Waals surface area (Å²) in [6.45, 7) is 3.28. The zero-order valence-corrected chi connectivity index (χ0v) is 11.8. The number of amides is 2. The average molecular weight is 284 g/mol. The third kappa shape index (κ3) is 3.56. The normalized spacial score (nSPS) is 10.0. The number of nitrogens with two attached hydrogens (primary N) is 1. The molecule has 21 heavy (non-hydrogen) atoms. The number of carbonyl (C=O) groups excluding carboxylic acids is 2. The van der Waals surface area contributed by atoms with Gasteiger partial charge in [-0.25, -0.2) is 4.98 Å². The zero-order valence-electron chi connectivity index (χ0n) is 11.8. The summed E-state index contributed by atoms with van der Waals surface area (Å²) in [7, 11) is 0. The molecule has 0 aliphatic carbocycles. The Morgan fingerprint density at radius 2 is 1.95 bits per heavy atom. The third-order valence-corrected chi connectivity index (χ3v) is 2.86. The summed E-state index contributed by atoms with van der Waals surface area (Å²) in [6.07, 6.45) is 1.51. The van der Waals surface area contributed by atoms with Crippen LogP contribution in [0.3, 0.4) is 0 Å². The number of aryl methyl sites for hydroxylation is 1. The van der Waals surface area contributed by atoms with Gasteiger partial charge < -0.3 is 16.4 Å². The second-order valence-electron chi connectivity index (χ2n) is 4.61. The van der Waals surface area contributed by atoms with Crippen molar-refractivity contribution in [2.75, 3.05) is 16.4 Å². The highest BCUT2D eigenvalue weighted by atomic mass is 16.2. The molecule has 1 aromatic heterocycles. The Morgan fingerprint density at radius 3 is 2.62 bits per heavy atom. The molecule has 6 heteroatoms. The Hall–Kier alpha value is -2.89. The van der Waals surface area contributed by atoms with Crippen LogP contribution in [0.4, 0.5) is 17.1 Å². The van der Waals surface area contributed by atoms with E-state index in [2.05, 4.69) is 15.6 Å². The van der Waals surface area contributed by atoms with Crippen molar-refractivity contribution in [1.82, 2.24) is 4.98 Å². The molecule has 0 saturated carbocycles. The van der Waals surface area contributed by atoms with Crippen molar-refractivity contribution in [3.05, 3.63) is 47.8 Å². The number of aromatic nitrogens is 1. The summed E-state index contributed by atoms with van der Waals surface area (Å²) < 4.78 is 0. The van der Waals surface area contributed by atoms with E-state index in [1.54, 1.807) is 24.3 Å². The van der Waals surface area contributed by atoms with Crippen molar-refractivity contribution >= 4 is 28.9 Å². The lowest BCUT2D eigenvalue weighted by Crippen LogP contribution is -2.16. The molecule has 0 radical (unpaired) electrons. The monoisotopic (exact) mass is 284 g/mol. The lowest BCUT2D eigenvalue weighted by Gasteiger charge is -2.11. The number of benzene rings is 1. The van der Waals surface area contributed by atoms with Gasteiger partial charge in [-0.15, -0.1) is 0 Å². The van der Waals surface area contributed by atoms with E-state index in [-0.39, 0.29) is 11.6 Å². The lowest BCUT2D eigenvalue weighted by molar-refractivity contribution is -0.114. The van der Waals surface area contributed by atoms with Crippen molar-refractivity contribution in [3.8, 4) is 0 Å². The largest absolute Gasteiger partial charge is 0.397 e. The van der Waals surface area contributed by atoms with Gasteiger partial charge in [0.1, 0.15) is 0 Å². The highest BCUT2D eigenvalue weighted by molar-refractivity contribution is 6.06. The van der Waals surface area contributed by atoms with Crippen molar-refractivity contribution in [1.29, 1.82) is 0 Å². The Labute approximate surface area is 122 Å². The summed E-state index contributed by atoms with van der Waals surface area (Å²) >= 11 is 0. The quantitative estimate of drug-likeness (QED) is 0.804. The van der Waals surface area contributed by atoms with Gasteiger partial charge in [-0.3, -0.25) is 9.59 Å².